The molecule has 3 heterocycles. The van der Waals surface area contributed by atoms with Gasteiger partial charge in [0.15, 0.2) is 5.13 Å². The standard InChI is InChI=1S/C18H21N5O2S/c19-16-22-14(11-26-16)18(12-4-2-1-3-5-12)6-8-23(9-7-18)15(24)13-10-20-17(25)21-13/h1-5,11,13H,6-10H2,(H2,19,22)(H2,20,21,25). The van der Waals surface area contributed by atoms with Crippen LogP contribution in [0.3, 0.4) is 0 Å². The topological polar surface area (TPSA) is 100 Å². The molecule has 8 heteroatoms. The molecule has 1 aromatic heterocycles. The van der Waals surface area contributed by atoms with E-state index in [0.29, 0.717) is 24.8 Å². The second kappa shape index (κ2) is 6.60. The smallest absolute Gasteiger partial charge is 0.315 e. The van der Waals surface area contributed by atoms with Gasteiger partial charge in [-0.15, -0.1) is 11.3 Å². The maximum Gasteiger partial charge on any atom is 0.315 e. The van der Waals surface area contributed by atoms with Crippen LogP contribution in [0.1, 0.15) is 24.1 Å². The summed E-state index contributed by atoms with van der Waals surface area (Å²) >= 11 is 1.45. The Morgan fingerprint density at radius 3 is 2.58 bits per heavy atom. The first kappa shape index (κ1) is 16.8. The first-order valence-corrected chi connectivity index (χ1v) is 9.57. The van der Waals surface area contributed by atoms with E-state index in [1.165, 1.54) is 16.9 Å². The van der Waals surface area contributed by atoms with Crippen LogP contribution in [0.15, 0.2) is 35.7 Å². The molecule has 0 spiro atoms. The van der Waals surface area contributed by atoms with Crippen LogP contribution in [0.25, 0.3) is 0 Å². The molecule has 3 amide bonds. The molecule has 1 atom stereocenters. The molecule has 2 saturated heterocycles. The van der Waals surface area contributed by atoms with Crippen LogP contribution in [0, 0.1) is 0 Å². The lowest BCUT2D eigenvalue weighted by Crippen LogP contribution is -2.51. The molecule has 7 nitrogen and oxygen atoms in total. The Kier molecular flexibility index (Phi) is 4.28. The van der Waals surface area contributed by atoms with E-state index in [-0.39, 0.29) is 17.4 Å². The van der Waals surface area contributed by atoms with Crippen molar-refractivity contribution < 1.29 is 9.59 Å². The van der Waals surface area contributed by atoms with Crippen molar-refractivity contribution in [3.63, 3.8) is 0 Å². The van der Waals surface area contributed by atoms with Gasteiger partial charge >= 0.3 is 6.03 Å². The molecule has 1 aromatic carbocycles. The monoisotopic (exact) mass is 371 g/mol. The minimum absolute atomic E-state index is 0.0252. The second-order valence-electron chi connectivity index (χ2n) is 6.75. The quantitative estimate of drug-likeness (QED) is 0.757. The van der Waals surface area contributed by atoms with Crippen molar-refractivity contribution in [3.8, 4) is 0 Å². The summed E-state index contributed by atoms with van der Waals surface area (Å²) in [4.78, 5) is 30.4. The van der Waals surface area contributed by atoms with Gasteiger partial charge in [-0.1, -0.05) is 30.3 Å². The predicted molar refractivity (Wildman–Crippen MR) is 99.9 cm³/mol. The van der Waals surface area contributed by atoms with E-state index in [2.05, 4.69) is 27.8 Å². The van der Waals surface area contributed by atoms with Crippen molar-refractivity contribution in [2.75, 3.05) is 25.4 Å². The molecule has 2 aromatic rings. The SMILES string of the molecule is Nc1nc(C2(c3ccccc3)CCN(C(=O)C3CNC(=O)N3)CC2)cs1. The number of carbonyl (C=O) groups excluding carboxylic acids is 2. The fourth-order valence-corrected chi connectivity index (χ4v) is 4.55. The number of nitrogen functional groups attached to an aromatic ring is 1. The van der Waals surface area contributed by atoms with E-state index in [1.54, 1.807) is 0 Å². The molecule has 0 radical (unpaired) electrons. The summed E-state index contributed by atoms with van der Waals surface area (Å²) in [6.07, 6.45) is 1.56. The zero-order chi connectivity index (χ0) is 18.1. The van der Waals surface area contributed by atoms with E-state index in [1.807, 2.05) is 28.5 Å². The summed E-state index contributed by atoms with van der Waals surface area (Å²) in [5, 5.41) is 7.90. The van der Waals surface area contributed by atoms with E-state index in [4.69, 9.17) is 5.73 Å². The Balaban J connectivity index is 1.57. The lowest BCUT2D eigenvalue weighted by atomic mass is 9.70. The molecule has 4 rings (SSSR count). The van der Waals surface area contributed by atoms with Crippen LogP contribution in [0.2, 0.25) is 0 Å². The fourth-order valence-electron chi connectivity index (χ4n) is 3.89. The average molecular weight is 371 g/mol. The molecule has 26 heavy (non-hydrogen) atoms. The molecule has 4 N–H and O–H groups in total. The van der Waals surface area contributed by atoms with Gasteiger partial charge in [-0.2, -0.15) is 0 Å². The lowest BCUT2D eigenvalue weighted by Gasteiger charge is -2.42. The van der Waals surface area contributed by atoms with Crippen molar-refractivity contribution in [2.45, 2.75) is 24.3 Å². The molecule has 0 aliphatic carbocycles. The molecule has 2 aliphatic heterocycles. The number of rotatable bonds is 3. The second-order valence-corrected chi connectivity index (χ2v) is 7.64. The van der Waals surface area contributed by atoms with Gasteiger partial charge in [0.25, 0.3) is 0 Å². The summed E-state index contributed by atoms with van der Waals surface area (Å²) in [6, 6.07) is 9.55. The maximum absolute atomic E-state index is 12.7. The van der Waals surface area contributed by atoms with E-state index >= 15 is 0 Å². The number of urea groups is 1. The van der Waals surface area contributed by atoms with Gasteiger partial charge in [-0.3, -0.25) is 4.79 Å². The molecular formula is C18H21N5O2S. The number of nitrogens with two attached hydrogens (primary N) is 1. The van der Waals surface area contributed by atoms with Crippen LogP contribution in [0.5, 0.6) is 0 Å². The Labute approximate surface area is 155 Å². The van der Waals surface area contributed by atoms with Crippen LogP contribution in [-0.4, -0.2) is 47.5 Å². The number of likely N-dealkylation sites (tertiary alicyclic amines) is 1. The Bertz CT molecular complexity index is 814. The Hall–Kier alpha value is -2.61. The zero-order valence-corrected chi connectivity index (χ0v) is 15.1. The van der Waals surface area contributed by atoms with Gasteiger partial charge in [0.05, 0.1) is 5.69 Å². The summed E-state index contributed by atoms with van der Waals surface area (Å²) in [5.41, 5.74) is 7.84. The van der Waals surface area contributed by atoms with Gasteiger partial charge in [-0.05, 0) is 18.4 Å². The number of carbonyl (C=O) groups is 2. The summed E-state index contributed by atoms with van der Waals surface area (Å²) in [6.45, 7) is 1.59. The Morgan fingerprint density at radius 1 is 1.27 bits per heavy atom. The number of nitrogens with zero attached hydrogens (tertiary/aromatic N) is 2. The predicted octanol–water partition coefficient (Wildman–Crippen LogP) is 1.32. The van der Waals surface area contributed by atoms with Gasteiger partial charge in [0.1, 0.15) is 6.04 Å². The highest BCUT2D eigenvalue weighted by molar-refractivity contribution is 7.13. The summed E-state index contributed by atoms with van der Waals surface area (Å²) in [7, 11) is 0. The van der Waals surface area contributed by atoms with Crippen molar-refractivity contribution in [1.29, 1.82) is 0 Å². The van der Waals surface area contributed by atoms with Crippen LogP contribution in [-0.2, 0) is 10.2 Å². The van der Waals surface area contributed by atoms with Gasteiger partial charge < -0.3 is 21.3 Å². The summed E-state index contributed by atoms with van der Waals surface area (Å²) < 4.78 is 0. The van der Waals surface area contributed by atoms with E-state index in [9.17, 15) is 9.59 Å². The fraction of sp³-hybridized carbons (Fsp3) is 0.389. The zero-order valence-electron chi connectivity index (χ0n) is 14.3. The first-order chi connectivity index (χ1) is 12.6. The third-order valence-corrected chi connectivity index (χ3v) is 6.01. The highest BCUT2D eigenvalue weighted by Crippen LogP contribution is 2.42. The van der Waals surface area contributed by atoms with Crippen molar-refractivity contribution in [1.82, 2.24) is 20.5 Å². The van der Waals surface area contributed by atoms with E-state index in [0.717, 1.165) is 18.5 Å². The number of anilines is 1. The third kappa shape index (κ3) is 2.90. The largest absolute Gasteiger partial charge is 0.375 e. The molecular weight excluding hydrogens is 350 g/mol. The van der Waals surface area contributed by atoms with Crippen LogP contribution >= 0.6 is 11.3 Å². The lowest BCUT2D eigenvalue weighted by molar-refractivity contribution is -0.134. The number of benzene rings is 1. The number of nitrogens with one attached hydrogen (secondary N) is 2. The number of hydrogen-bond acceptors (Lipinski definition) is 5. The molecule has 136 valence electrons. The molecule has 1 unspecified atom stereocenters. The minimum atomic E-state index is -0.471. The number of aromatic nitrogens is 1. The van der Waals surface area contributed by atoms with Gasteiger partial charge in [-0.25, -0.2) is 9.78 Å². The molecule has 2 aliphatic rings. The van der Waals surface area contributed by atoms with E-state index < -0.39 is 6.04 Å². The number of piperidine rings is 1. The Morgan fingerprint density at radius 2 is 2.00 bits per heavy atom. The third-order valence-electron chi connectivity index (χ3n) is 5.34. The number of amides is 3. The van der Waals surface area contributed by atoms with Gasteiger partial charge in [0.2, 0.25) is 5.91 Å². The number of hydrogen-bond donors (Lipinski definition) is 3. The van der Waals surface area contributed by atoms with Crippen molar-refractivity contribution in [2.24, 2.45) is 0 Å². The first-order valence-electron chi connectivity index (χ1n) is 8.69. The normalized spacial score (nSPS) is 21.9. The molecule has 2 fully saturated rings. The highest BCUT2D eigenvalue weighted by Gasteiger charge is 2.42. The van der Waals surface area contributed by atoms with Crippen molar-refractivity contribution >= 4 is 28.4 Å². The minimum Gasteiger partial charge on any atom is -0.375 e. The molecule has 0 saturated carbocycles. The van der Waals surface area contributed by atoms with Crippen LogP contribution < -0.4 is 16.4 Å². The van der Waals surface area contributed by atoms with Crippen molar-refractivity contribution in [3.05, 3.63) is 47.0 Å². The van der Waals surface area contributed by atoms with Gasteiger partial charge in [0, 0.05) is 30.4 Å². The molecule has 0 bridgehead atoms. The average Bonchev–Trinajstić information content (AvgIpc) is 3.31. The van der Waals surface area contributed by atoms with Crippen LogP contribution in [0.4, 0.5) is 9.93 Å². The maximum atomic E-state index is 12.7. The highest BCUT2D eigenvalue weighted by atomic mass is 32.1. The summed E-state index contributed by atoms with van der Waals surface area (Å²) in [5.74, 6) is -0.0252. The number of thiazole rings is 1.